The Bertz CT molecular complexity index is 587. The highest BCUT2D eigenvalue weighted by molar-refractivity contribution is 5.92. The van der Waals surface area contributed by atoms with E-state index in [-0.39, 0.29) is 23.0 Å². The molecule has 1 aromatic carbocycles. The van der Waals surface area contributed by atoms with E-state index in [9.17, 15) is 19.7 Å². The first-order valence-corrected chi connectivity index (χ1v) is 7.18. The molecule has 0 spiro atoms. The van der Waals surface area contributed by atoms with Gasteiger partial charge in [-0.1, -0.05) is 13.3 Å². The molecule has 23 heavy (non-hydrogen) atoms. The maximum atomic E-state index is 11.9. The van der Waals surface area contributed by atoms with Crippen LogP contribution in [0, 0.1) is 10.1 Å². The number of nitrogens with one attached hydrogen (secondary N) is 1. The third-order valence-corrected chi connectivity index (χ3v) is 3.07. The number of rotatable bonds is 8. The summed E-state index contributed by atoms with van der Waals surface area (Å²) in [6.45, 7) is 3.42. The minimum absolute atomic E-state index is 0.00623. The van der Waals surface area contributed by atoms with E-state index in [1.165, 1.54) is 19.2 Å². The number of esters is 1. The molecule has 0 fully saturated rings. The predicted molar refractivity (Wildman–Crippen MR) is 82.4 cm³/mol. The maximum absolute atomic E-state index is 11.9. The molecule has 0 radical (unpaired) electrons. The standard InChI is InChI=1S/C15H20N2O6/c1-4-5-10(2)16-14(18)9-23-15(19)11-6-7-13(22-3)12(8-11)17(20)21/h6-8,10H,4-5,9H2,1-3H3,(H,16,18)/t10-/m0/s1. The van der Waals surface area contributed by atoms with Gasteiger partial charge in [0.15, 0.2) is 12.4 Å². The Balaban J connectivity index is 2.66. The Morgan fingerprint density at radius 3 is 2.65 bits per heavy atom. The van der Waals surface area contributed by atoms with Crippen molar-refractivity contribution in [1.29, 1.82) is 0 Å². The molecule has 126 valence electrons. The number of carbonyl (C=O) groups is 2. The molecule has 1 N–H and O–H groups in total. The highest BCUT2D eigenvalue weighted by Crippen LogP contribution is 2.27. The second-order valence-corrected chi connectivity index (χ2v) is 4.98. The first-order chi connectivity index (χ1) is 10.9. The summed E-state index contributed by atoms with van der Waals surface area (Å²) in [4.78, 5) is 33.7. The molecule has 1 aromatic rings. The average molecular weight is 324 g/mol. The molecule has 8 nitrogen and oxygen atoms in total. The lowest BCUT2D eigenvalue weighted by atomic mass is 10.2. The van der Waals surface area contributed by atoms with Gasteiger partial charge in [-0.25, -0.2) is 4.79 Å². The van der Waals surface area contributed by atoms with E-state index in [1.807, 2.05) is 13.8 Å². The second kappa shape index (κ2) is 8.72. The lowest BCUT2D eigenvalue weighted by Crippen LogP contribution is -2.35. The Labute approximate surface area is 133 Å². The predicted octanol–water partition coefficient (Wildman–Crippen LogP) is 2.06. The number of nitro groups is 1. The van der Waals surface area contributed by atoms with E-state index in [4.69, 9.17) is 9.47 Å². The van der Waals surface area contributed by atoms with Gasteiger partial charge in [-0.2, -0.15) is 0 Å². The molecule has 1 amide bonds. The van der Waals surface area contributed by atoms with E-state index in [2.05, 4.69) is 5.32 Å². The minimum Gasteiger partial charge on any atom is -0.490 e. The summed E-state index contributed by atoms with van der Waals surface area (Å²) in [7, 11) is 1.29. The summed E-state index contributed by atoms with van der Waals surface area (Å²) in [6.07, 6.45) is 1.75. The van der Waals surface area contributed by atoms with Crippen molar-refractivity contribution in [2.24, 2.45) is 0 Å². The Morgan fingerprint density at radius 2 is 2.09 bits per heavy atom. The van der Waals surface area contributed by atoms with E-state index in [0.29, 0.717) is 0 Å². The van der Waals surface area contributed by atoms with Crippen LogP contribution in [0.25, 0.3) is 0 Å². The third-order valence-electron chi connectivity index (χ3n) is 3.07. The molecular weight excluding hydrogens is 304 g/mol. The molecule has 0 saturated carbocycles. The highest BCUT2D eigenvalue weighted by Gasteiger charge is 2.19. The number of nitro benzene ring substituents is 1. The number of amides is 1. The lowest BCUT2D eigenvalue weighted by molar-refractivity contribution is -0.385. The zero-order valence-electron chi connectivity index (χ0n) is 13.3. The minimum atomic E-state index is -0.811. The van der Waals surface area contributed by atoms with Crippen LogP contribution >= 0.6 is 0 Å². The quantitative estimate of drug-likeness (QED) is 0.445. The van der Waals surface area contributed by atoms with Crippen molar-refractivity contribution in [2.45, 2.75) is 32.7 Å². The van der Waals surface area contributed by atoms with Crippen LogP contribution in [0.15, 0.2) is 18.2 Å². The van der Waals surface area contributed by atoms with Gasteiger partial charge in [0.05, 0.1) is 17.6 Å². The number of hydrogen-bond acceptors (Lipinski definition) is 6. The molecule has 0 aliphatic heterocycles. The molecule has 1 atom stereocenters. The summed E-state index contributed by atoms with van der Waals surface area (Å²) in [6, 6.07) is 3.69. The topological polar surface area (TPSA) is 108 Å². The monoisotopic (exact) mass is 324 g/mol. The van der Waals surface area contributed by atoms with Crippen molar-refractivity contribution in [3.63, 3.8) is 0 Å². The van der Waals surface area contributed by atoms with Crippen LogP contribution in [0.2, 0.25) is 0 Å². The molecule has 0 aromatic heterocycles. The van der Waals surface area contributed by atoms with Gasteiger partial charge in [0.25, 0.3) is 5.91 Å². The van der Waals surface area contributed by atoms with Crippen LogP contribution in [0.4, 0.5) is 5.69 Å². The summed E-state index contributed by atoms with van der Waals surface area (Å²) >= 11 is 0. The van der Waals surface area contributed by atoms with Crippen LogP contribution in [-0.2, 0) is 9.53 Å². The van der Waals surface area contributed by atoms with E-state index >= 15 is 0 Å². The number of methoxy groups -OCH3 is 1. The van der Waals surface area contributed by atoms with Crippen LogP contribution in [0.1, 0.15) is 37.0 Å². The van der Waals surface area contributed by atoms with Crippen LogP contribution < -0.4 is 10.1 Å². The van der Waals surface area contributed by atoms with Crippen molar-refractivity contribution < 1.29 is 24.0 Å². The van der Waals surface area contributed by atoms with E-state index < -0.39 is 23.4 Å². The van der Waals surface area contributed by atoms with Crippen molar-refractivity contribution >= 4 is 17.6 Å². The van der Waals surface area contributed by atoms with Crippen LogP contribution in [-0.4, -0.2) is 36.6 Å². The normalized spacial score (nSPS) is 11.4. The number of ether oxygens (including phenoxy) is 2. The van der Waals surface area contributed by atoms with E-state index in [1.54, 1.807) is 0 Å². The zero-order chi connectivity index (χ0) is 17.4. The highest BCUT2D eigenvalue weighted by atomic mass is 16.6. The van der Waals surface area contributed by atoms with Crippen molar-refractivity contribution in [2.75, 3.05) is 13.7 Å². The largest absolute Gasteiger partial charge is 0.490 e. The maximum Gasteiger partial charge on any atom is 0.338 e. The van der Waals surface area contributed by atoms with Gasteiger partial charge in [-0.15, -0.1) is 0 Å². The lowest BCUT2D eigenvalue weighted by Gasteiger charge is -2.12. The van der Waals surface area contributed by atoms with Gasteiger partial charge in [-0.05, 0) is 25.5 Å². The number of hydrogen-bond donors (Lipinski definition) is 1. The molecule has 0 aliphatic carbocycles. The van der Waals surface area contributed by atoms with E-state index in [0.717, 1.165) is 18.9 Å². The van der Waals surface area contributed by atoms with Gasteiger partial charge in [0.2, 0.25) is 0 Å². The fraction of sp³-hybridized carbons (Fsp3) is 0.467. The van der Waals surface area contributed by atoms with Gasteiger partial charge >= 0.3 is 11.7 Å². The summed E-state index contributed by atoms with van der Waals surface area (Å²) in [5, 5.41) is 13.6. The number of benzene rings is 1. The van der Waals surface area contributed by atoms with Crippen LogP contribution in [0.5, 0.6) is 5.75 Å². The molecule has 0 unspecified atom stereocenters. The smallest absolute Gasteiger partial charge is 0.338 e. The van der Waals surface area contributed by atoms with Gasteiger partial charge in [0.1, 0.15) is 0 Å². The van der Waals surface area contributed by atoms with Crippen molar-refractivity contribution in [3.8, 4) is 5.75 Å². The number of nitrogens with zero attached hydrogens (tertiary/aromatic N) is 1. The van der Waals surface area contributed by atoms with Crippen LogP contribution in [0.3, 0.4) is 0 Å². The Hall–Kier alpha value is -2.64. The molecule has 8 heteroatoms. The molecule has 0 heterocycles. The number of carbonyl (C=O) groups excluding carboxylic acids is 2. The fourth-order valence-electron chi connectivity index (χ4n) is 2.00. The molecular formula is C15H20N2O6. The van der Waals surface area contributed by atoms with Crippen molar-refractivity contribution in [1.82, 2.24) is 5.32 Å². The summed E-state index contributed by atoms with van der Waals surface area (Å²) in [5.74, 6) is -1.19. The SMILES string of the molecule is CCC[C@H](C)NC(=O)COC(=O)c1ccc(OC)c([N+](=O)[O-])c1. The molecule has 0 bridgehead atoms. The third kappa shape index (κ3) is 5.57. The fourth-order valence-corrected chi connectivity index (χ4v) is 2.00. The van der Waals surface area contributed by atoms with Gasteiger partial charge in [0, 0.05) is 12.1 Å². The molecule has 1 rings (SSSR count). The molecule has 0 aliphatic rings. The second-order valence-electron chi connectivity index (χ2n) is 4.98. The average Bonchev–Trinajstić information content (AvgIpc) is 2.52. The first kappa shape index (κ1) is 18.4. The van der Waals surface area contributed by atoms with Gasteiger partial charge in [-0.3, -0.25) is 14.9 Å². The Kier molecular flexibility index (Phi) is 6.98. The van der Waals surface area contributed by atoms with Crippen molar-refractivity contribution in [3.05, 3.63) is 33.9 Å². The first-order valence-electron chi connectivity index (χ1n) is 7.18. The molecule has 0 saturated heterocycles. The summed E-state index contributed by atoms with van der Waals surface area (Å²) < 4.78 is 9.71. The van der Waals surface area contributed by atoms with Gasteiger partial charge < -0.3 is 14.8 Å². The summed E-state index contributed by atoms with van der Waals surface area (Å²) in [5.41, 5.74) is -0.366. The zero-order valence-corrected chi connectivity index (χ0v) is 13.3. The Morgan fingerprint density at radius 1 is 1.39 bits per heavy atom.